The van der Waals surface area contributed by atoms with E-state index in [0.29, 0.717) is 12.5 Å². The summed E-state index contributed by atoms with van der Waals surface area (Å²) in [4.78, 5) is 18.1. The van der Waals surface area contributed by atoms with Gasteiger partial charge in [0.2, 0.25) is 0 Å². The molecule has 1 saturated heterocycles. The Morgan fingerprint density at radius 2 is 2.23 bits per heavy atom. The molecule has 1 aliphatic rings. The van der Waals surface area contributed by atoms with Gasteiger partial charge in [-0.25, -0.2) is 0 Å². The minimum absolute atomic E-state index is 0.0404. The van der Waals surface area contributed by atoms with E-state index in [4.69, 9.17) is 19.0 Å². The van der Waals surface area contributed by atoms with Crippen LogP contribution >= 0.6 is 8.17 Å². The predicted octanol–water partition coefficient (Wildman–Crippen LogP) is 0.469. The first-order valence-corrected chi connectivity index (χ1v) is 6.01. The van der Waals surface area contributed by atoms with Gasteiger partial charge in [0.15, 0.2) is 0 Å². The molecular weight excluding hydrogens is 195 g/mol. The number of rotatable bonds is 4. The number of hydrogen-bond donors (Lipinski definition) is 2. The van der Waals surface area contributed by atoms with E-state index >= 15 is 0 Å². The van der Waals surface area contributed by atoms with Crippen molar-refractivity contribution in [3.8, 4) is 0 Å². The average molecular weight is 212 g/mol. The van der Waals surface area contributed by atoms with Crippen molar-refractivity contribution < 1.29 is 23.6 Å². The summed E-state index contributed by atoms with van der Waals surface area (Å²) in [7, 11) is -2.64. The van der Waals surface area contributed by atoms with Crippen molar-refractivity contribution in [1.29, 1.82) is 0 Å². The second-order valence-electron chi connectivity index (χ2n) is 3.24. The van der Waals surface area contributed by atoms with E-state index in [2.05, 4.69) is 4.52 Å². The van der Waals surface area contributed by atoms with Crippen LogP contribution in [0.2, 0.25) is 0 Å². The van der Waals surface area contributed by atoms with Gasteiger partial charge in [-0.1, -0.05) is 0 Å². The van der Waals surface area contributed by atoms with Crippen molar-refractivity contribution >= 4 is 8.17 Å². The zero-order valence-electron chi connectivity index (χ0n) is 7.90. The van der Waals surface area contributed by atoms with E-state index in [1.54, 1.807) is 0 Å². The van der Waals surface area contributed by atoms with Crippen LogP contribution in [0.4, 0.5) is 0 Å². The van der Waals surface area contributed by atoms with Crippen LogP contribution in [0.1, 0.15) is 13.3 Å². The third-order valence-electron chi connectivity index (χ3n) is 2.24. The molecule has 5 nitrogen and oxygen atoms in total. The summed E-state index contributed by atoms with van der Waals surface area (Å²) in [6.07, 6.45) is 0.952. The molecule has 0 radical (unpaired) electrons. The molecule has 6 heteroatoms. The van der Waals surface area contributed by atoms with Crippen LogP contribution in [0.15, 0.2) is 0 Å². The van der Waals surface area contributed by atoms with Crippen molar-refractivity contribution in [1.82, 2.24) is 0 Å². The fourth-order valence-corrected chi connectivity index (χ4v) is 1.72. The van der Waals surface area contributed by atoms with Crippen molar-refractivity contribution in [3.63, 3.8) is 0 Å². The molecule has 1 rings (SSSR count). The zero-order chi connectivity index (χ0) is 9.90. The van der Waals surface area contributed by atoms with E-state index in [-0.39, 0.29) is 12.7 Å². The number of hydrogen-bond acceptors (Lipinski definition) is 5. The fraction of sp³-hybridized carbons (Fsp3) is 1.00. The first-order valence-electron chi connectivity index (χ1n) is 4.30. The van der Waals surface area contributed by atoms with Crippen molar-refractivity contribution in [3.05, 3.63) is 0 Å². The van der Waals surface area contributed by atoms with Crippen LogP contribution < -0.4 is 0 Å². The molecule has 13 heavy (non-hydrogen) atoms. The van der Waals surface area contributed by atoms with Crippen LogP contribution in [0, 0.1) is 5.92 Å². The van der Waals surface area contributed by atoms with E-state index < -0.39 is 8.17 Å². The van der Waals surface area contributed by atoms with Crippen LogP contribution in [-0.2, 0) is 13.8 Å². The van der Waals surface area contributed by atoms with Crippen LogP contribution in [0.5, 0.6) is 0 Å². The Morgan fingerprint density at radius 3 is 2.69 bits per heavy atom. The first kappa shape index (κ1) is 11.3. The molecule has 0 aromatic heterocycles. The Labute approximate surface area is 78.3 Å². The quantitative estimate of drug-likeness (QED) is 0.663. The molecule has 1 fully saturated rings. The van der Waals surface area contributed by atoms with Gasteiger partial charge >= 0.3 is 77.4 Å². The second-order valence-corrected chi connectivity index (χ2v) is 5.03. The summed E-state index contributed by atoms with van der Waals surface area (Å²) < 4.78 is 14.6. The maximum absolute atomic E-state index is 9.06. The van der Waals surface area contributed by atoms with Gasteiger partial charge in [-0.05, 0) is 0 Å². The van der Waals surface area contributed by atoms with Crippen LogP contribution in [0.25, 0.3) is 0 Å². The Kier molecular flexibility index (Phi) is 4.04. The molecule has 2 atom stereocenters. The standard InChI is InChI=1S/C7H17O5P/c1-6-3-4-11-7(6)5-12-13(8,9)10-2/h6-9,13H,3-5H2,1-2H3. The number of ether oxygens (including phenoxy) is 1. The third-order valence-corrected chi connectivity index (χ3v) is 3.32. The van der Waals surface area contributed by atoms with Gasteiger partial charge in [-0.2, -0.15) is 0 Å². The van der Waals surface area contributed by atoms with Gasteiger partial charge in [0, 0.05) is 0 Å². The summed E-state index contributed by atoms with van der Waals surface area (Å²) in [5.41, 5.74) is 0. The van der Waals surface area contributed by atoms with Gasteiger partial charge in [0.05, 0.1) is 0 Å². The summed E-state index contributed by atoms with van der Waals surface area (Å²) in [6, 6.07) is 0. The van der Waals surface area contributed by atoms with Gasteiger partial charge in [-0.3, -0.25) is 0 Å². The topological polar surface area (TPSA) is 68.2 Å². The van der Waals surface area contributed by atoms with E-state index in [9.17, 15) is 0 Å². The summed E-state index contributed by atoms with van der Waals surface area (Å²) in [5.74, 6) is 0.404. The minimum atomic E-state index is -3.85. The van der Waals surface area contributed by atoms with Crippen LogP contribution in [0.3, 0.4) is 0 Å². The Bertz CT molecular complexity index is 163. The van der Waals surface area contributed by atoms with E-state index in [0.717, 1.165) is 6.42 Å². The predicted molar refractivity (Wildman–Crippen MR) is 49.2 cm³/mol. The molecule has 2 N–H and O–H groups in total. The van der Waals surface area contributed by atoms with Crippen molar-refractivity contribution in [2.24, 2.45) is 5.92 Å². The van der Waals surface area contributed by atoms with Gasteiger partial charge in [-0.15, -0.1) is 0 Å². The van der Waals surface area contributed by atoms with E-state index in [1.807, 2.05) is 6.92 Å². The molecule has 0 aromatic carbocycles. The van der Waals surface area contributed by atoms with Gasteiger partial charge in [0.1, 0.15) is 0 Å². The van der Waals surface area contributed by atoms with Crippen molar-refractivity contribution in [2.45, 2.75) is 19.4 Å². The molecule has 0 spiro atoms. The molecule has 1 aliphatic heterocycles. The fourth-order valence-electron chi connectivity index (χ4n) is 1.22. The van der Waals surface area contributed by atoms with E-state index in [1.165, 1.54) is 7.11 Å². The Morgan fingerprint density at radius 1 is 1.54 bits per heavy atom. The second kappa shape index (κ2) is 4.64. The normalized spacial score (nSPS) is 30.8. The molecular formula is C7H17O5P. The SMILES string of the molecule is CO[PH](O)(O)OCC1OCCC1C. The molecule has 1 heterocycles. The molecule has 2 unspecified atom stereocenters. The van der Waals surface area contributed by atoms with Gasteiger partial charge in [0.25, 0.3) is 0 Å². The molecule has 0 aromatic rings. The molecule has 80 valence electrons. The average Bonchev–Trinajstić information content (AvgIpc) is 2.48. The summed E-state index contributed by atoms with van der Waals surface area (Å²) in [6.45, 7) is 2.95. The Balaban J connectivity index is 2.25. The monoisotopic (exact) mass is 212 g/mol. The zero-order valence-corrected chi connectivity index (χ0v) is 8.90. The molecule has 0 aliphatic carbocycles. The molecule has 0 saturated carbocycles. The molecule has 0 amide bonds. The molecule has 0 bridgehead atoms. The first-order chi connectivity index (χ1) is 6.05. The van der Waals surface area contributed by atoms with Crippen LogP contribution in [-0.4, -0.2) is 36.2 Å². The third kappa shape index (κ3) is 3.46. The summed E-state index contributed by atoms with van der Waals surface area (Å²) >= 11 is 0. The summed E-state index contributed by atoms with van der Waals surface area (Å²) in [5, 5.41) is 0. The Hall–Kier alpha value is 0.230. The van der Waals surface area contributed by atoms with Gasteiger partial charge < -0.3 is 0 Å². The van der Waals surface area contributed by atoms with Crippen molar-refractivity contribution in [2.75, 3.05) is 20.3 Å². The maximum atomic E-state index is 9.06.